The normalized spacial score (nSPS) is 10.2. The van der Waals surface area contributed by atoms with Crippen molar-refractivity contribution in [3.05, 3.63) is 22.8 Å². The molecular formula is C13H20N2O2. The van der Waals surface area contributed by atoms with Gasteiger partial charge in [-0.2, -0.15) is 0 Å². The average Bonchev–Trinajstić information content (AvgIpc) is 2.26. The first-order chi connectivity index (χ1) is 8.01. The molecule has 1 aromatic rings. The van der Waals surface area contributed by atoms with Crippen LogP contribution in [0.5, 0.6) is 5.75 Å². The van der Waals surface area contributed by atoms with Gasteiger partial charge in [-0.1, -0.05) is 0 Å². The van der Waals surface area contributed by atoms with Gasteiger partial charge in [-0.05, 0) is 43.5 Å². The number of benzene rings is 1. The topological polar surface area (TPSA) is 64.3 Å². The van der Waals surface area contributed by atoms with Gasteiger partial charge in [0.1, 0.15) is 5.75 Å². The van der Waals surface area contributed by atoms with Crippen LogP contribution in [0.2, 0.25) is 0 Å². The Morgan fingerprint density at radius 2 is 2.00 bits per heavy atom. The van der Waals surface area contributed by atoms with E-state index >= 15 is 0 Å². The Balaban J connectivity index is 3.06. The van der Waals surface area contributed by atoms with E-state index in [4.69, 9.17) is 10.5 Å². The van der Waals surface area contributed by atoms with Crippen LogP contribution in [-0.4, -0.2) is 19.6 Å². The molecule has 94 valence electrons. The highest BCUT2D eigenvalue weighted by Crippen LogP contribution is 2.31. The lowest BCUT2D eigenvalue weighted by atomic mass is 10.0. The number of hydrogen-bond donors (Lipinski definition) is 2. The third-order valence-corrected chi connectivity index (χ3v) is 2.88. The Labute approximate surface area is 102 Å². The fourth-order valence-electron chi connectivity index (χ4n) is 1.85. The van der Waals surface area contributed by atoms with Gasteiger partial charge >= 0.3 is 0 Å². The van der Waals surface area contributed by atoms with E-state index in [0.717, 1.165) is 28.1 Å². The quantitative estimate of drug-likeness (QED) is 0.839. The molecule has 4 heteroatoms. The van der Waals surface area contributed by atoms with Crippen LogP contribution in [0.15, 0.2) is 6.07 Å². The van der Waals surface area contributed by atoms with Crippen LogP contribution in [0.1, 0.15) is 23.1 Å². The first kappa shape index (κ1) is 13.5. The highest BCUT2D eigenvalue weighted by Gasteiger charge is 2.12. The van der Waals surface area contributed by atoms with Gasteiger partial charge in [-0.3, -0.25) is 4.79 Å². The van der Waals surface area contributed by atoms with E-state index in [1.807, 2.05) is 26.8 Å². The van der Waals surface area contributed by atoms with Gasteiger partial charge in [0.25, 0.3) is 0 Å². The van der Waals surface area contributed by atoms with Gasteiger partial charge in [0.05, 0.1) is 7.11 Å². The van der Waals surface area contributed by atoms with Gasteiger partial charge in [-0.25, -0.2) is 0 Å². The number of carbonyl (C=O) groups excluding carboxylic acids is 1. The van der Waals surface area contributed by atoms with E-state index in [1.165, 1.54) is 0 Å². The molecule has 0 aliphatic carbocycles. The number of amides is 1. The lowest BCUT2D eigenvalue weighted by Gasteiger charge is -2.16. The summed E-state index contributed by atoms with van der Waals surface area (Å²) in [4.78, 5) is 11.5. The fraction of sp³-hybridized carbons (Fsp3) is 0.462. The molecule has 1 aromatic carbocycles. The van der Waals surface area contributed by atoms with Crippen molar-refractivity contribution in [1.82, 2.24) is 0 Å². The fourth-order valence-corrected chi connectivity index (χ4v) is 1.85. The van der Waals surface area contributed by atoms with Crippen molar-refractivity contribution in [2.45, 2.75) is 27.2 Å². The van der Waals surface area contributed by atoms with E-state index in [9.17, 15) is 4.79 Å². The first-order valence-corrected chi connectivity index (χ1v) is 5.66. The van der Waals surface area contributed by atoms with Crippen molar-refractivity contribution in [2.75, 3.05) is 19.0 Å². The maximum Gasteiger partial charge on any atom is 0.225 e. The molecule has 0 bridgehead atoms. The van der Waals surface area contributed by atoms with Gasteiger partial charge in [0.2, 0.25) is 5.91 Å². The van der Waals surface area contributed by atoms with E-state index in [1.54, 1.807) is 7.11 Å². The van der Waals surface area contributed by atoms with Crippen molar-refractivity contribution < 1.29 is 9.53 Å². The largest absolute Gasteiger partial charge is 0.496 e. The molecule has 0 aromatic heterocycles. The highest BCUT2D eigenvalue weighted by molar-refractivity contribution is 5.92. The summed E-state index contributed by atoms with van der Waals surface area (Å²) in [6, 6.07) is 1.93. The number of nitrogens with two attached hydrogens (primary N) is 1. The molecule has 4 nitrogen and oxygen atoms in total. The molecule has 0 heterocycles. The predicted octanol–water partition coefficient (Wildman–Crippen LogP) is 1.91. The minimum Gasteiger partial charge on any atom is -0.496 e. The van der Waals surface area contributed by atoms with Crippen LogP contribution in [0.3, 0.4) is 0 Å². The van der Waals surface area contributed by atoms with Crippen LogP contribution in [-0.2, 0) is 4.79 Å². The van der Waals surface area contributed by atoms with Crippen LogP contribution in [0, 0.1) is 20.8 Å². The second-order valence-corrected chi connectivity index (χ2v) is 4.11. The van der Waals surface area contributed by atoms with Crippen LogP contribution in [0.4, 0.5) is 5.69 Å². The van der Waals surface area contributed by atoms with Crippen molar-refractivity contribution in [2.24, 2.45) is 5.73 Å². The standard InChI is InChI=1S/C13H20N2O2/c1-8-7-11(15-12(16)5-6-14)9(2)10(3)13(8)17-4/h7H,5-6,14H2,1-4H3,(H,15,16). The molecular weight excluding hydrogens is 216 g/mol. The number of methoxy groups -OCH3 is 1. The number of anilines is 1. The molecule has 0 radical (unpaired) electrons. The van der Waals surface area contributed by atoms with Crippen molar-refractivity contribution in [3.63, 3.8) is 0 Å². The number of nitrogens with one attached hydrogen (secondary N) is 1. The third kappa shape index (κ3) is 2.97. The molecule has 0 saturated carbocycles. The van der Waals surface area contributed by atoms with Crippen LogP contribution >= 0.6 is 0 Å². The van der Waals surface area contributed by atoms with Gasteiger partial charge in [0, 0.05) is 18.7 Å². The maximum atomic E-state index is 11.5. The molecule has 0 atom stereocenters. The zero-order valence-electron chi connectivity index (χ0n) is 10.9. The van der Waals surface area contributed by atoms with E-state index < -0.39 is 0 Å². The summed E-state index contributed by atoms with van der Waals surface area (Å²) in [6.45, 7) is 6.28. The number of carbonyl (C=O) groups is 1. The minimum absolute atomic E-state index is 0.0560. The lowest BCUT2D eigenvalue weighted by molar-refractivity contribution is -0.116. The SMILES string of the molecule is COc1c(C)cc(NC(=O)CCN)c(C)c1C. The Morgan fingerprint density at radius 1 is 1.35 bits per heavy atom. The molecule has 1 rings (SSSR count). The predicted molar refractivity (Wildman–Crippen MR) is 69.5 cm³/mol. The summed E-state index contributed by atoms with van der Waals surface area (Å²) < 4.78 is 5.33. The first-order valence-electron chi connectivity index (χ1n) is 5.66. The molecule has 3 N–H and O–H groups in total. The summed E-state index contributed by atoms with van der Waals surface area (Å²) in [7, 11) is 1.65. The summed E-state index contributed by atoms with van der Waals surface area (Å²) in [5, 5.41) is 2.87. The Hall–Kier alpha value is -1.55. The maximum absolute atomic E-state index is 11.5. The van der Waals surface area contributed by atoms with Crippen molar-refractivity contribution >= 4 is 11.6 Å². The lowest BCUT2D eigenvalue weighted by Crippen LogP contribution is -2.17. The number of ether oxygens (including phenoxy) is 1. The molecule has 1 amide bonds. The number of rotatable bonds is 4. The van der Waals surface area contributed by atoms with Gasteiger partial charge in [0.15, 0.2) is 0 Å². The molecule has 0 aliphatic heterocycles. The van der Waals surface area contributed by atoms with E-state index in [-0.39, 0.29) is 5.91 Å². The average molecular weight is 236 g/mol. The van der Waals surface area contributed by atoms with Gasteiger partial charge in [-0.15, -0.1) is 0 Å². The molecule has 17 heavy (non-hydrogen) atoms. The van der Waals surface area contributed by atoms with E-state index in [2.05, 4.69) is 5.32 Å². The molecule has 0 aliphatic rings. The third-order valence-electron chi connectivity index (χ3n) is 2.88. The zero-order chi connectivity index (χ0) is 13.0. The van der Waals surface area contributed by atoms with Crippen molar-refractivity contribution in [1.29, 1.82) is 0 Å². The number of hydrogen-bond acceptors (Lipinski definition) is 3. The molecule has 0 saturated heterocycles. The Morgan fingerprint density at radius 3 is 2.53 bits per heavy atom. The Bertz CT molecular complexity index is 428. The van der Waals surface area contributed by atoms with Crippen molar-refractivity contribution in [3.8, 4) is 5.75 Å². The molecule has 0 spiro atoms. The summed E-state index contributed by atoms with van der Waals surface area (Å²) in [6.07, 6.45) is 0.337. The molecule has 0 unspecified atom stereocenters. The summed E-state index contributed by atoms with van der Waals surface area (Å²) >= 11 is 0. The highest BCUT2D eigenvalue weighted by atomic mass is 16.5. The zero-order valence-corrected chi connectivity index (χ0v) is 10.9. The second kappa shape index (κ2) is 5.68. The van der Waals surface area contributed by atoms with Crippen LogP contribution in [0.25, 0.3) is 0 Å². The minimum atomic E-state index is -0.0560. The van der Waals surface area contributed by atoms with Crippen LogP contribution < -0.4 is 15.8 Å². The summed E-state index contributed by atoms with van der Waals surface area (Å²) in [5.41, 5.74) is 9.27. The monoisotopic (exact) mass is 236 g/mol. The Kier molecular flexibility index (Phi) is 4.52. The van der Waals surface area contributed by atoms with E-state index in [0.29, 0.717) is 13.0 Å². The molecule has 0 fully saturated rings. The second-order valence-electron chi connectivity index (χ2n) is 4.11. The smallest absolute Gasteiger partial charge is 0.225 e. The van der Waals surface area contributed by atoms with Gasteiger partial charge < -0.3 is 15.8 Å². The summed E-state index contributed by atoms with van der Waals surface area (Å²) in [5.74, 6) is 0.818. The number of aryl methyl sites for hydroxylation is 1.